The Kier molecular flexibility index (Phi) is 7.11. The van der Waals surface area contributed by atoms with Crippen molar-refractivity contribution in [1.82, 2.24) is 0 Å². The number of carboxylic acid groups (broad SMARTS) is 1. The molecule has 0 aliphatic heterocycles. The van der Waals surface area contributed by atoms with Crippen molar-refractivity contribution in [2.24, 2.45) is 17.6 Å². The van der Waals surface area contributed by atoms with Crippen LogP contribution in [0.3, 0.4) is 0 Å². The van der Waals surface area contributed by atoms with E-state index in [9.17, 15) is 9.90 Å². The van der Waals surface area contributed by atoms with Gasteiger partial charge in [0.05, 0.1) is 0 Å². The quantitative estimate of drug-likeness (QED) is 0.365. The summed E-state index contributed by atoms with van der Waals surface area (Å²) >= 11 is 0. The van der Waals surface area contributed by atoms with Crippen LogP contribution in [0.4, 0.5) is 0 Å². The Hall–Kier alpha value is -2.15. The predicted molar refractivity (Wildman–Crippen MR) is 115 cm³/mol. The van der Waals surface area contributed by atoms with Gasteiger partial charge in [-0.05, 0) is 60.5 Å². The van der Waals surface area contributed by atoms with Crippen LogP contribution in [0.15, 0.2) is 54.6 Å². The Morgan fingerprint density at radius 2 is 1.62 bits per heavy atom. The van der Waals surface area contributed by atoms with E-state index in [-0.39, 0.29) is 12.2 Å². The maximum Gasteiger partial charge on any atom is 0.451 e. The molecule has 0 heterocycles. The molecule has 2 aromatic rings. The maximum atomic E-state index is 11.8. The molecule has 0 bridgehead atoms. The summed E-state index contributed by atoms with van der Waals surface area (Å²) in [6.07, 6.45) is 4.37. The fourth-order valence-corrected chi connectivity index (χ4v) is 4.35. The van der Waals surface area contributed by atoms with Crippen LogP contribution in [0.1, 0.15) is 37.7 Å². The van der Waals surface area contributed by atoms with Gasteiger partial charge in [0.1, 0.15) is 5.54 Å². The summed E-state index contributed by atoms with van der Waals surface area (Å²) in [6, 6.07) is 18.9. The molecule has 1 atom stereocenters. The summed E-state index contributed by atoms with van der Waals surface area (Å²) in [5.74, 6) is -0.505. The van der Waals surface area contributed by atoms with Crippen molar-refractivity contribution in [2.75, 3.05) is 0 Å². The molecular formula is C23H30BNO4. The fourth-order valence-electron chi connectivity index (χ4n) is 4.35. The average molecular weight is 395 g/mol. The molecule has 1 unspecified atom stereocenters. The van der Waals surface area contributed by atoms with Gasteiger partial charge in [-0.25, -0.2) is 0 Å². The van der Waals surface area contributed by atoms with E-state index in [4.69, 9.17) is 15.8 Å². The van der Waals surface area contributed by atoms with Crippen LogP contribution >= 0.6 is 0 Å². The van der Waals surface area contributed by atoms with Crippen molar-refractivity contribution >= 4 is 13.1 Å². The fraction of sp³-hybridized carbons (Fsp3) is 0.435. The Bertz CT molecular complexity index is 790. The minimum absolute atomic E-state index is 0.0207. The van der Waals surface area contributed by atoms with Gasteiger partial charge in [0.2, 0.25) is 0 Å². The molecule has 0 saturated heterocycles. The van der Waals surface area contributed by atoms with Crippen LogP contribution in [0, 0.1) is 11.8 Å². The average Bonchev–Trinajstić information content (AvgIpc) is 2.68. The standard InChI is InChI=1S/C23H30BNO4/c25-23(22(26)27,12-4-5-13-24(28)29)21-15-18(16-21)14-17-8-10-20(11-9-17)19-6-2-1-3-7-19/h1-3,6-11,18,21,28-29H,4-5,12-16,25H2,(H,26,27). The van der Waals surface area contributed by atoms with E-state index >= 15 is 0 Å². The van der Waals surface area contributed by atoms with Crippen LogP contribution in [0.2, 0.25) is 6.32 Å². The lowest BCUT2D eigenvalue weighted by molar-refractivity contribution is -0.148. The van der Waals surface area contributed by atoms with Crippen molar-refractivity contribution in [3.8, 4) is 11.1 Å². The van der Waals surface area contributed by atoms with E-state index in [1.54, 1.807) is 0 Å². The van der Waals surface area contributed by atoms with E-state index < -0.39 is 18.6 Å². The molecule has 6 heteroatoms. The highest BCUT2D eigenvalue weighted by molar-refractivity contribution is 6.40. The largest absolute Gasteiger partial charge is 0.480 e. The minimum Gasteiger partial charge on any atom is -0.480 e. The molecular weight excluding hydrogens is 365 g/mol. The zero-order valence-electron chi connectivity index (χ0n) is 16.7. The lowest BCUT2D eigenvalue weighted by Gasteiger charge is -2.45. The highest BCUT2D eigenvalue weighted by Gasteiger charge is 2.47. The SMILES string of the molecule is NC(CCCCB(O)O)(C(=O)O)C1CC(Cc2ccc(-c3ccccc3)cc2)C1. The third-order valence-electron chi connectivity index (χ3n) is 6.25. The zero-order valence-corrected chi connectivity index (χ0v) is 16.7. The first-order chi connectivity index (χ1) is 13.9. The molecule has 0 radical (unpaired) electrons. The summed E-state index contributed by atoms with van der Waals surface area (Å²) in [7, 11) is -1.34. The number of hydrogen-bond donors (Lipinski definition) is 4. The number of hydrogen-bond acceptors (Lipinski definition) is 4. The molecule has 5 nitrogen and oxygen atoms in total. The molecule has 1 fully saturated rings. The van der Waals surface area contributed by atoms with Gasteiger partial charge < -0.3 is 20.9 Å². The van der Waals surface area contributed by atoms with Crippen molar-refractivity contribution in [1.29, 1.82) is 0 Å². The second-order valence-electron chi connectivity index (χ2n) is 8.37. The summed E-state index contributed by atoms with van der Waals surface area (Å²) in [4.78, 5) is 11.8. The molecule has 1 saturated carbocycles. The van der Waals surface area contributed by atoms with E-state index in [1.807, 2.05) is 18.2 Å². The topological polar surface area (TPSA) is 104 Å². The monoisotopic (exact) mass is 395 g/mol. The second-order valence-corrected chi connectivity index (χ2v) is 8.37. The smallest absolute Gasteiger partial charge is 0.451 e. The van der Waals surface area contributed by atoms with E-state index in [0.717, 1.165) is 19.3 Å². The normalized spacial score (nSPS) is 20.5. The maximum absolute atomic E-state index is 11.8. The van der Waals surface area contributed by atoms with Crippen molar-refractivity contribution in [3.05, 3.63) is 60.2 Å². The van der Waals surface area contributed by atoms with Crippen molar-refractivity contribution in [3.63, 3.8) is 0 Å². The van der Waals surface area contributed by atoms with Crippen LogP contribution < -0.4 is 5.73 Å². The molecule has 5 N–H and O–H groups in total. The van der Waals surface area contributed by atoms with Gasteiger partial charge in [-0.2, -0.15) is 0 Å². The van der Waals surface area contributed by atoms with Crippen LogP contribution in [0.5, 0.6) is 0 Å². The van der Waals surface area contributed by atoms with Gasteiger partial charge in [-0.15, -0.1) is 0 Å². The van der Waals surface area contributed by atoms with Crippen molar-refractivity contribution < 1.29 is 19.9 Å². The van der Waals surface area contributed by atoms with Crippen LogP contribution in [-0.2, 0) is 11.2 Å². The number of nitrogens with two attached hydrogens (primary N) is 1. The number of rotatable bonds is 10. The number of aliphatic carboxylic acids is 1. The lowest BCUT2D eigenvalue weighted by atomic mass is 9.62. The molecule has 0 aromatic heterocycles. The summed E-state index contributed by atoms with van der Waals surface area (Å²) in [6.45, 7) is 0. The molecule has 154 valence electrons. The first-order valence-corrected chi connectivity index (χ1v) is 10.4. The molecule has 1 aliphatic rings. The highest BCUT2D eigenvalue weighted by Crippen LogP contribution is 2.43. The Morgan fingerprint density at radius 3 is 2.21 bits per heavy atom. The number of carbonyl (C=O) groups is 1. The van der Waals surface area contributed by atoms with Crippen molar-refractivity contribution in [2.45, 2.75) is 50.4 Å². The molecule has 3 rings (SSSR count). The zero-order chi connectivity index (χ0) is 20.9. The highest BCUT2D eigenvalue weighted by atomic mass is 16.4. The number of unbranched alkanes of at least 4 members (excludes halogenated alkanes) is 1. The summed E-state index contributed by atoms with van der Waals surface area (Å²) in [5, 5.41) is 27.5. The van der Waals surface area contributed by atoms with Gasteiger partial charge >= 0.3 is 13.1 Å². The second kappa shape index (κ2) is 9.57. The number of carboxylic acids is 1. The van der Waals surface area contributed by atoms with E-state index in [1.165, 1.54) is 16.7 Å². The lowest BCUT2D eigenvalue weighted by Crippen LogP contribution is -2.58. The summed E-state index contributed by atoms with van der Waals surface area (Å²) in [5.41, 5.74) is 8.73. The summed E-state index contributed by atoms with van der Waals surface area (Å²) < 4.78 is 0. The number of benzene rings is 2. The molecule has 29 heavy (non-hydrogen) atoms. The molecule has 2 aromatic carbocycles. The third kappa shape index (κ3) is 5.47. The van der Waals surface area contributed by atoms with E-state index in [2.05, 4.69) is 36.4 Å². The van der Waals surface area contributed by atoms with Gasteiger partial charge in [0, 0.05) is 0 Å². The van der Waals surface area contributed by atoms with Gasteiger partial charge in [0.25, 0.3) is 0 Å². The first kappa shape index (κ1) is 21.6. The minimum atomic E-state index is -1.34. The van der Waals surface area contributed by atoms with E-state index in [0.29, 0.717) is 25.2 Å². The molecule has 0 amide bonds. The first-order valence-electron chi connectivity index (χ1n) is 10.4. The third-order valence-corrected chi connectivity index (χ3v) is 6.25. The Morgan fingerprint density at radius 1 is 1.00 bits per heavy atom. The van der Waals surface area contributed by atoms with Gasteiger partial charge in [-0.1, -0.05) is 67.4 Å². The molecule has 1 aliphatic carbocycles. The Balaban J connectivity index is 1.51. The molecule has 0 spiro atoms. The van der Waals surface area contributed by atoms with Crippen LogP contribution in [-0.4, -0.2) is 33.8 Å². The Labute approximate surface area is 172 Å². The van der Waals surface area contributed by atoms with Gasteiger partial charge in [0.15, 0.2) is 0 Å². The predicted octanol–water partition coefficient (Wildman–Crippen LogP) is 3.35. The van der Waals surface area contributed by atoms with Gasteiger partial charge in [-0.3, -0.25) is 4.79 Å². The van der Waals surface area contributed by atoms with Crippen LogP contribution in [0.25, 0.3) is 11.1 Å².